The van der Waals surface area contributed by atoms with Crippen molar-refractivity contribution in [3.8, 4) is 11.5 Å². The molecule has 1 saturated heterocycles. The Morgan fingerprint density at radius 2 is 1.78 bits per heavy atom. The summed E-state index contributed by atoms with van der Waals surface area (Å²) in [7, 11) is 3.33. The first-order valence-corrected chi connectivity index (χ1v) is 12.7. The van der Waals surface area contributed by atoms with Crippen molar-refractivity contribution in [1.82, 2.24) is 20.0 Å². The number of aryl methyl sites for hydroxylation is 1. The molecular weight excluding hydrogens is 456 g/mol. The molecule has 2 aliphatic heterocycles. The Labute approximate surface area is 213 Å². The van der Waals surface area contributed by atoms with Gasteiger partial charge in [0.25, 0.3) is 5.91 Å². The third kappa shape index (κ3) is 5.50. The quantitative estimate of drug-likeness (QED) is 0.587. The Balaban J connectivity index is 1.40. The number of hydrogen-bond acceptors (Lipinski definition) is 6. The summed E-state index contributed by atoms with van der Waals surface area (Å²) < 4.78 is 5.26. The van der Waals surface area contributed by atoms with Crippen molar-refractivity contribution in [3.63, 3.8) is 0 Å². The number of methoxy groups -OCH3 is 1. The third-order valence-corrected chi connectivity index (χ3v) is 7.59. The van der Waals surface area contributed by atoms with Crippen molar-refractivity contribution < 1.29 is 19.4 Å². The zero-order chi connectivity index (χ0) is 25.9. The molecule has 0 atom stereocenters. The number of aromatic hydroxyl groups is 1. The second-order valence-corrected chi connectivity index (χ2v) is 10.3. The highest BCUT2D eigenvalue weighted by Crippen LogP contribution is 2.35. The molecular formula is C28H38N4O4. The highest BCUT2D eigenvalue weighted by molar-refractivity contribution is 5.96. The summed E-state index contributed by atoms with van der Waals surface area (Å²) in [5.41, 5.74) is 4.16. The van der Waals surface area contributed by atoms with Crippen LogP contribution in [0.3, 0.4) is 0 Å². The summed E-state index contributed by atoms with van der Waals surface area (Å²) in [5, 5.41) is 12.8. The zero-order valence-electron chi connectivity index (χ0n) is 21.8. The molecule has 0 aromatic heterocycles. The van der Waals surface area contributed by atoms with Crippen LogP contribution in [-0.4, -0.2) is 84.0 Å². The van der Waals surface area contributed by atoms with Crippen LogP contribution in [0.25, 0.3) is 0 Å². The molecule has 36 heavy (non-hydrogen) atoms. The number of ether oxygens (including phenoxy) is 1. The minimum Gasteiger partial charge on any atom is -0.504 e. The fourth-order valence-electron chi connectivity index (χ4n) is 5.13. The van der Waals surface area contributed by atoms with E-state index in [9.17, 15) is 14.7 Å². The van der Waals surface area contributed by atoms with Crippen LogP contribution in [0.1, 0.15) is 47.3 Å². The van der Waals surface area contributed by atoms with Crippen LogP contribution in [0.4, 0.5) is 0 Å². The fourth-order valence-corrected chi connectivity index (χ4v) is 5.13. The summed E-state index contributed by atoms with van der Waals surface area (Å²) >= 11 is 0. The van der Waals surface area contributed by atoms with Crippen LogP contribution >= 0.6 is 0 Å². The van der Waals surface area contributed by atoms with E-state index in [1.807, 2.05) is 34.1 Å². The number of rotatable bonds is 8. The van der Waals surface area contributed by atoms with Crippen LogP contribution in [0.15, 0.2) is 36.4 Å². The molecule has 0 bridgehead atoms. The van der Waals surface area contributed by atoms with Crippen molar-refractivity contribution in [2.75, 3.05) is 46.9 Å². The maximum Gasteiger partial charge on any atom is 0.254 e. The number of hydrogen-bond donors (Lipinski definition) is 2. The van der Waals surface area contributed by atoms with Crippen LogP contribution in [-0.2, 0) is 24.3 Å². The molecule has 0 aliphatic carbocycles. The van der Waals surface area contributed by atoms with E-state index in [0.29, 0.717) is 38.5 Å². The molecule has 4 rings (SSSR count). The van der Waals surface area contributed by atoms with Gasteiger partial charge >= 0.3 is 0 Å². The first kappa shape index (κ1) is 26.0. The number of phenolic OH excluding ortho intramolecular Hbond substituents is 1. The van der Waals surface area contributed by atoms with Gasteiger partial charge in [-0.25, -0.2) is 0 Å². The molecule has 2 heterocycles. The number of carbonyl (C=O) groups excluding carboxylic acids is 2. The summed E-state index contributed by atoms with van der Waals surface area (Å²) in [4.78, 5) is 31.8. The molecule has 0 unspecified atom stereocenters. The number of nitrogens with zero attached hydrogens (tertiary/aromatic N) is 3. The monoisotopic (exact) mass is 494 g/mol. The predicted molar refractivity (Wildman–Crippen MR) is 139 cm³/mol. The second kappa shape index (κ2) is 10.9. The summed E-state index contributed by atoms with van der Waals surface area (Å²) in [5.74, 6) is 0.783. The molecule has 0 saturated carbocycles. The molecule has 8 nitrogen and oxygen atoms in total. The van der Waals surface area contributed by atoms with Crippen LogP contribution in [0.2, 0.25) is 0 Å². The van der Waals surface area contributed by atoms with Crippen LogP contribution < -0.4 is 10.1 Å². The van der Waals surface area contributed by atoms with E-state index >= 15 is 0 Å². The van der Waals surface area contributed by atoms with Gasteiger partial charge in [0.1, 0.15) is 0 Å². The van der Waals surface area contributed by atoms with Gasteiger partial charge in [-0.1, -0.05) is 18.2 Å². The minimum absolute atomic E-state index is 0.0587. The molecule has 2 aliphatic rings. The minimum atomic E-state index is -0.0796. The van der Waals surface area contributed by atoms with Crippen molar-refractivity contribution in [2.24, 2.45) is 0 Å². The second-order valence-electron chi connectivity index (χ2n) is 10.3. The first-order valence-electron chi connectivity index (χ1n) is 12.7. The Kier molecular flexibility index (Phi) is 7.85. The van der Waals surface area contributed by atoms with Crippen molar-refractivity contribution in [2.45, 2.75) is 45.3 Å². The number of likely N-dealkylation sites (N-methyl/N-ethyl adjacent to an activating group) is 1. The van der Waals surface area contributed by atoms with E-state index in [4.69, 9.17) is 4.74 Å². The number of carbonyl (C=O) groups is 2. The fraction of sp³-hybridized carbons (Fsp3) is 0.500. The number of fused-ring (bicyclic) bond motifs is 1. The highest BCUT2D eigenvalue weighted by Gasteiger charge is 2.35. The predicted octanol–water partition coefficient (Wildman–Crippen LogP) is 2.63. The normalized spacial score (nSPS) is 16.2. The number of piperazine rings is 1. The van der Waals surface area contributed by atoms with Gasteiger partial charge in [0.2, 0.25) is 5.91 Å². The van der Waals surface area contributed by atoms with Crippen molar-refractivity contribution in [1.29, 1.82) is 0 Å². The summed E-state index contributed by atoms with van der Waals surface area (Å²) in [6, 6.07) is 11.6. The first-order chi connectivity index (χ1) is 17.2. The SMILES string of the molecule is CNCC(=O)N1CCN(C(=O)c2cccc3c2CN(C(C)(C)CCc2ccc(O)c(OC)c2)C3)CC1. The number of nitrogens with one attached hydrogen (secondary N) is 1. The lowest BCUT2D eigenvalue weighted by Gasteiger charge is -2.36. The molecule has 2 aromatic carbocycles. The maximum atomic E-state index is 13.5. The average Bonchev–Trinajstić information content (AvgIpc) is 3.34. The van der Waals surface area contributed by atoms with E-state index in [0.717, 1.165) is 42.6 Å². The van der Waals surface area contributed by atoms with Gasteiger partial charge in [-0.05, 0) is 68.6 Å². The standard InChI is InChI=1S/C28H38N4O4/c1-28(2,11-10-20-8-9-24(33)25(16-20)36-4)32-18-21-6-5-7-22(23(21)19-32)27(35)31-14-12-30(13-15-31)26(34)17-29-3/h5-9,16,29,33H,10-15,17-19H2,1-4H3. The van der Waals surface area contributed by atoms with Gasteiger partial charge in [-0.15, -0.1) is 0 Å². The van der Waals surface area contributed by atoms with Crippen LogP contribution in [0.5, 0.6) is 11.5 Å². The number of phenols is 1. The summed E-state index contributed by atoms with van der Waals surface area (Å²) in [6.07, 6.45) is 1.79. The van der Waals surface area contributed by atoms with E-state index in [1.165, 1.54) is 5.56 Å². The molecule has 194 valence electrons. The highest BCUT2D eigenvalue weighted by atomic mass is 16.5. The van der Waals surface area contributed by atoms with E-state index < -0.39 is 0 Å². The lowest BCUT2D eigenvalue weighted by molar-refractivity contribution is -0.131. The van der Waals surface area contributed by atoms with Crippen molar-refractivity contribution in [3.05, 3.63) is 58.7 Å². The zero-order valence-corrected chi connectivity index (χ0v) is 21.8. The van der Waals surface area contributed by atoms with Crippen molar-refractivity contribution >= 4 is 11.8 Å². The van der Waals surface area contributed by atoms with Gasteiger partial charge in [0.05, 0.1) is 13.7 Å². The molecule has 0 radical (unpaired) electrons. The lowest BCUT2D eigenvalue weighted by Crippen LogP contribution is -2.52. The molecule has 2 amide bonds. The van der Waals surface area contributed by atoms with Gasteiger partial charge in [0.15, 0.2) is 11.5 Å². The number of benzene rings is 2. The van der Waals surface area contributed by atoms with Crippen LogP contribution in [0, 0.1) is 0 Å². The topological polar surface area (TPSA) is 85.4 Å². The van der Waals surface area contributed by atoms with Gasteiger partial charge in [-0.2, -0.15) is 0 Å². The molecule has 0 spiro atoms. The number of amides is 2. The smallest absolute Gasteiger partial charge is 0.254 e. The molecule has 2 aromatic rings. The summed E-state index contributed by atoms with van der Waals surface area (Å²) in [6.45, 7) is 8.64. The maximum absolute atomic E-state index is 13.5. The molecule has 2 N–H and O–H groups in total. The third-order valence-electron chi connectivity index (χ3n) is 7.59. The Hall–Kier alpha value is -3.10. The van der Waals surface area contributed by atoms with E-state index in [-0.39, 0.29) is 23.1 Å². The molecule has 1 fully saturated rings. The van der Waals surface area contributed by atoms with Gasteiger partial charge in [0, 0.05) is 50.4 Å². The Bertz CT molecular complexity index is 1110. The van der Waals surface area contributed by atoms with E-state index in [2.05, 4.69) is 30.1 Å². The van der Waals surface area contributed by atoms with Gasteiger partial charge < -0.3 is 25.0 Å². The largest absolute Gasteiger partial charge is 0.504 e. The lowest BCUT2D eigenvalue weighted by atomic mass is 9.93. The Morgan fingerprint density at radius 3 is 2.47 bits per heavy atom. The van der Waals surface area contributed by atoms with E-state index in [1.54, 1.807) is 20.2 Å². The molecule has 8 heteroatoms. The Morgan fingerprint density at radius 1 is 1.06 bits per heavy atom. The van der Waals surface area contributed by atoms with Gasteiger partial charge in [-0.3, -0.25) is 14.5 Å². The average molecular weight is 495 g/mol.